The molecule has 0 spiro atoms. The van der Waals surface area contributed by atoms with Gasteiger partial charge < -0.3 is 18.9 Å². The molecule has 1 aliphatic heterocycles. The number of hydrogen-bond acceptors (Lipinski definition) is 6. The molecule has 7 nitrogen and oxygen atoms in total. The van der Waals surface area contributed by atoms with Gasteiger partial charge in [-0.1, -0.05) is 0 Å². The molecule has 0 saturated carbocycles. The van der Waals surface area contributed by atoms with E-state index in [1.165, 1.54) is 7.11 Å². The summed E-state index contributed by atoms with van der Waals surface area (Å²) in [6.07, 6.45) is -1.52. The van der Waals surface area contributed by atoms with Crippen LogP contribution in [0.25, 0.3) is 0 Å². The van der Waals surface area contributed by atoms with E-state index in [-0.39, 0.29) is 19.8 Å². The number of carbonyl (C=O) groups excluding carboxylic acids is 2. The Kier molecular flexibility index (Phi) is 5.46. The Labute approximate surface area is 131 Å². The van der Waals surface area contributed by atoms with Gasteiger partial charge in [0.2, 0.25) is 0 Å². The SMILES string of the molecule is COCC1(N(C(=O)OC(C)(C)C)C(=O)OC(C)(C)C)COC1. The van der Waals surface area contributed by atoms with Crippen LogP contribution in [0.3, 0.4) is 0 Å². The molecule has 0 unspecified atom stereocenters. The highest BCUT2D eigenvalue weighted by molar-refractivity contribution is 5.89. The monoisotopic (exact) mass is 317 g/mol. The molecule has 1 saturated heterocycles. The van der Waals surface area contributed by atoms with Crippen LogP contribution in [0.1, 0.15) is 41.5 Å². The molecule has 0 aromatic rings. The third-order valence-corrected chi connectivity index (χ3v) is 2.78. The fraction of sp³-hybridized carbons (Fsp3) is 0.867. The Bertz CT molecular complexity index is 389. The fourth-order valence-corrected chi connectivity index (χ4v) is 1.96. The first-order chi connectivity index (χ1) is 9.90. The molecule has 22 heavy (non-hydrogen) atoms. The second-order valence-electron chi connectivity index (χ2n) is 7.45. The average molecular weight is 317 g/mol. The standard InChI is InChI=1S/C15H27NO6/c1-13(2,3)21-11(17)16(12(18)22-14(4,5)6)15(8-19-7)9-20-10-15/h8-10H2,1-7H3. The summed E-state index contributed by atoms with van der Waals surface area (Å²) < 4.78 is 21.0. The van der Waals surface area contributed by atoms with Crippen molar-refractivity contribution in [2.75, 3.05) is 26.9 Å². The maximum atomic E-state index is 12.5. The van der Waals surface area contributed by atoms with Crippen LogP contribution < -0.4 is 0 Å². The number of nitrogens with zero attached hydrogens (tertiary/aromatic N) is 1. The smallest absolute Gasteiger partial charge is 0.420 e. The molecule has 7 heteroatoms. The van der Waals surface area contributed by atoms with Crippen molar-refractivity contribution >= 4 is 12.2 Å². The van der Waals surface area contributed by atoms with Crippen molar-refractivity contribution in [1.82, 2.24) is 4.90 Å². The van der Waals surface area contributed by atoms with Crippen LogP contribution in [0.15, 0.2) is 0 Å². The molecule has 0 aromatic carbocycles. The predicted molar refractivity (Wildman–Crippen MR) is 79.7 cm³/mol. The van der Waals surface area contributed by atoms with Crippen LogP contribution in [0, 0.1) is 0 Å². The van der Waals surface area contributed by atoms with Gasteiger partial charge >= 0.3 is 12.2 Å². The van der Waals surface area contributed by atoms with Crippen LogP contribution in [0.4, 0.5) is 9.59 Å². The minimum atomic E-state index is -0.889. The van der Waals surface area contributed by atoms with Gasteiger partial charge in [0.15, 0.2) is 0 Å². The van der Waals surface area contributed by atoms with Crippen LogP contribution in [0.5, 0.6) is 0 Å². The molecule has 1 fully saturated rings. The van der Waals surface area contributed by atoms with Crippen LogP contribution in [-0.2, 0) is 18.9 Å². The third kappa shape index (κ3) is 4.84. The summed E-state index contributed by atoms with van der Waals surface area (Å²) in [4.78, 5) is 26.0. The number of ether oxygens (including phenoxy) is 4. The lowest BCUT2D eigenvalue weighted by Crippen LogP contribution is -2.68. The molecule has 1 rings (SSSR count). The highest BCUT2D eigenvalue weighted by Gasteiger charge is 2.52. The lowest BCUT2D eigenvalue weighted by molar-refractivity contribution is -0.154. The number of rotatable bonds is 3. The quantitative estimate of drug-likeness (QED) is 0.796. The van der Waals surface area contributed by atoms with Crippen molar-refractivity contribution in [3.63, 3.8) is 0 Å². The summed E-state index contributed by atoms with van der Waals surface area (Å²) in [6, 6.07) is 0. The van der Waals surface area contributed by atoms with E-state index in [9.17, 15) is 9.59 Å². The van der Waals surface area contributed by atoms with E-state index in [0.717, 1.165) is 4.90 Å². The van der Waals surface area contributed by atoms with Crippen LogP contribution >= 0.6 is 0 Å². The summed E-state index contributed by atoms with van der Waals surface area (Å²) in [5.41, 5.74) is -2.34. The summed E-state index contributed by atoms with van der Waals surface area (Å²) in [5.74, 6) is 0. The molecule has 0 aromatic heterocycles. The van der Waals surface area contributed by atoms with Gasteiger partial charge in [0.25, 0.3) is 0 Å². The second-order valence-corrected chi connectivity index (χ2v) is 7.45. The van der Waals surface area contributed by atoms with Gasteiger partial charge in [-0.2, -0.15) is 4.90 Å². The molecule has 2 amide bonds. The van der Waals surface area contributed by atoms with Crippen molar-refractivity contribution in [2.45, 2.75) is 58.3 Å². The first-order valence-corrected chi connectivity index (χ1v) is 7.23. The zero-order valence-corrected chi connectivity index (χ0v) is 14.5. The van der Waals surface area contributed by atoms with E-state index >= 15 is 0 Å². The Morgan fingerprint density at radius 3 is 1.64 bits per heavy atom. The lowest BCUT2D eigenvalue weighted by Gasteiger charge is -2.47. The van der Waals surface area contributed by atoms with E-state index < -0.39 is 28.9 Å². The maximum Gasteiger partial charge on any atom is 0.420 e. The second kappa shape index (κ2) is 6.42. The number of hydrogen-bond donors (Lipinski definition) is 0. The highest BCUT2D eigenvalue weighted by Crippen LogP contribution is 2.29. The number of carbonyl (C=O) groups is 2. The van der Waals surface area contributed by atoms with E-state index in [1.807, 2.05) is 0 Å². The van der Waals surface area contributed by atoms with Crippen molar-refractivity contribution in [1.29, 1.82) is 0 Å². The van der Waals surface area contributed by atoms with Crippen molar-refractivity contribution in [2.24, 2.45) is 0 Å². The van der Waals surface area contributed by atoms with Crippen molar-refractivity contribution < 1.29 is 28.5 Å². The molecule has 0 radical (unpaired) electrons. The Balaban J connectivity index is 3.04. The summed E-state index contributed by atoms with van der Waals surface area (Å²) >= 11 is 0. The largest absolute Gasteiger partial charge is 0.443 e. The zero-order valence-electron chi connectivity index (χ0n) is 14.5. The number of amides is 2. The first kappa shape index (κ1) is 18.7. The zero-order chi connectivity index (χ0) is 17.2. The highest BCUT2D eigenvalue weighted by atomic mass is 16.6. The normalized spacial score (nSPS) is 17.4. The summed E-state index contributed by atoms with van der Waals surface area (Å²) in [6.45, 7) is 11.0. The Morgan fingerprint density at radius 2 is 1.41 bits per heavy atom. The first-order valence-electron chi connectivity index (χ1n) is 7.23. The van der Waals surface area contributed by atoms with E-state index in [1.54, 1.807) is 41.5 Å². The number of methoxy groups -OCH3 is 1. The van der Waals surface area contributed by atoms with Gasteiger partial charge in [-0.3, -0.25) is 0 Å². The molecule has 0 aliphatic carbocycles. The molecule has 0 atom stereocenters. The van der Waals surface area contributed by atoms with Gasteiger partial charge in [0.1, 0.15) is 16.7 Å². The van der Waals surface area contributed by atoms with Gasteiger partial charge in [0, 0.05) is 7.11 Å². The molecular weight excluding hydrogens is 290 g/mol. The third-order valence-electron chi connectivity index (χ3n) is 2.78. The Morgan fingerprint density at radius 1 is 1.00 bits per heavy atom. The minimum Gasteiger partial charge on any atom is -0.443 e. The molecule has 0 bridgehead atoms. The van der Waals surface area contributed by atoms with Gasteiger partial charge in [-0.15, -0.1) is 0 Å². The molecule has 0 N–H and O–H groups in total. The molecular formula is C15H27NO6. The lowest BCUT2D eigenvalue weighted by atomic mass is 9.97. The average Bonchev–Trinajstić information content (AvgIpc) is 2.20. The van der Waals surface area contributed by atoms with Gasteiger partial charge in [-0.25, -0.2) is 9.59 Å². The van der Waals surface area contributed by atoms with Crippen LogP contribution in [0.2, 0.25) is 0 Å². The van der Waals surface area contributed by atoms with Gasteiger partial charge in [-0.05, 0) is 41.5 Å². The molecule has 1 aliphatic rings. The fourth-order valence-electron chi connectivity index (χ4n) is 1.96. The summed E-state index contributed by atoms with van der Waals surface area (Å²) in [5, 5.41) is 0. The Hall–Kier alpha value is -1.34. The summed E-state index contributed by atoms with van der Waals surface area (Å²) in [7, 11) is 1.50. The van der Waals surface area contributed by atoms with E-state index in [0.29, 0.717) is 0 Å². The van der Waals surface area contributed by atoms with Crippen LogP contribution in [-0.4, -0.2) is 60.8 Å². The van der Waals surface area contributed by atoms with E-state index in [4.69, 9.17) is 18.9 Å². The minimum absolute atomic E-state index is 0.158. The number of imide groups is 1. The topological polar surface area (TPSA) is 74.3 Å². The van der Waals surface area contributed by atoms with E-state index in [2.05, 4.69) is 0 Å². The van der Waals surface area contributed by atoms with Crippen molar-refractivity contribution in [3.05, 3.63) is 0 Å². The van der Waals surface area contributed by atoms with Gasteiger partial charge in [0.05, 0.1) is 19.8 Å². The predicted octanol–water partition coefficient (Wildman–Crippen LogP) is 2.57. The molecule has 1 heterocycles. The molecule has 128 valence electrons. The maximum absolute atomic E-state index is 12.5. The van der Waals surface area contributed by atoms with Crippen molar-refractivity contribution in [3.8, 4) is 0 Å².